The van der Waals surface area contributed by atoms with Gasteiger partial charge in [0.05, 0.1) is 26.7 Å². The average molecular weight is 250 g/mol. The van der Waals surface area contributed by atoms with Gasteiger partial charge in [-0.1, -0.05) is 0 Å². The van der Waals surface area contributed by atoms with Crippen molar-refractivity contribution in [2.45, 2.75) is 18.7 Å². The van der Waals surface area contributed by atoms with Crippen molar-refractivity contribution in [1.82, 2.24) is 0 Å². The molecule has 0 bridgehead atoms. The first-order valence-corrected chi connectivity index (χ1v) is 4.83. The summed E-state index contributed by atoms with van der Waals surface area (Å²) in [6, 6.07) is 4.21. The predicted octanol–water partition coefficient (Wildman–Crippen LogP) is 2.69. The molecule has 17 heavy (non-hydrogen) atoms. The van der Waals surface area contributed by atoms with Gasteiger partial charge in [-0.05, 0) is 17.7 Å². The molecular formula is C11H13F3O3. The average Bonchev–Trinajstić information content (AvgIpc) is 2.26. The Morgan fingerprint density at radius 3 is 1.94 bits per heavy atom. The molecule has 96 valence electrons. The molecule has 0 radical (unpaired) electrons. The molecule has 0 amide bonds. The van der Waals surface area contributed by atoms with Gasteiger partial charge in [-0.2, -0.15) is 13.2 Å². The van der Waals surface area contributed by atoms with Gasteiger partial charge in [-0.25, -0.2) is 0 Å². The number of methoxy groups -OCH3 is 2. The molecular weight excluding hydrogens is 237 g/mol. The van der Waals surface area contributed by atoms with E-state index >= 15 is 0 Å². The molecule has 0 spiro atoms. The van der Waals surface area contributed by atoms with Crippen LogP contribution in [0.2, 0.25) is 0 Å². The van der Waals surface area contributed by atoms with Gasteiger partial charge in [0.25, 0.3) is 0 Å². The predicted molar refractivity (Wildman–Crippen MR) is 55.2 cm³/mol. The van der Waals surface area contributed by atoms with Crippen LogP contribution in [0.1, 0.15) is 18.1 Å². The quantitative estimate of drug-likeness (QED) is 0.892. The molecule has 1 rings (SSSR count). The summed E-state index contributed by atoms with van der Waals surface area (Å²) in [6.07, 6.45) is -7.35. The third kappa shape index (κ3) is 4.14. The zero-order valence-corrected chi connectivity index (χ0v) is 9.41. The number of ether oxygens (including phenoxy) is 2. The summed E-state index contributed by atoms with van der Waals surface area (Å²) in [6.45, 7) is 0. The lowest BCUT2D eigenvalue weighted by atomic mass is 10.1. The fraction of sp³-hybridized carbons (Fsp3) is 0.455. The zero-order valence-electron chi connectivity index (χ0n) is 9.41. The largest absolute Gasteiger partial charge is 0.497 e. The second-order valence-electron chi connectivity index (χ2n) is 3.48. The molecule has 0 saturated heterocycles. The molecule has 1 aromatic carbocycles. The van der Waals surface area contributed by atoms with E-state index in [9.17, 15) is 18.3 Å². The summed E-state index contributed by atoms with van der Waals surface area (Å²) in [5.41, 5.74) is 0.110. The van der Waals surface area contributed by atoms with Crippen molar-refractivity contribution in [2.24, 2.45) is 0 Å². The normalized spacial score (nSPS) is 13.3. The molecule has 0 aliphatic rings. The minimum atomic E-state index is -4.42. The Kier molecular flexibility index (Phi) is 4.22. The van der Waals surface area contributed by atoms with Crippen LogP contribution >= 0.6 is 0 Å². The Balaban J connectivity index is 2.96. The molecule has 0 saturated carbocycles. The molecule has 6 heteroatoms. The zero-order chi connectivity index (χ0) is 13.1. The number of alkyl halides is 3. The summed E-state index contributed by atoms with van der Waals surface area (Å²) in [7, 11) is 2.77. The van der Waals surface area contributed by atoms with Gasteiger partial charge in [-0.15, -0.1) is 0 Å². The van der Waals surface area contributed by atoms with Crippen molar-refractivity contribution in [2.75, 3.05) is 14.2 Å². The maximum Gasteiger partial charge on any atom is 0.391 e. The van der Waals surface area contributed by atoms with Crippen molar-refractivity contribution in [3.63, 3.8) is 0 Å². The number of hydrogen-bond donors (Lipinski definition) is 1. The molecule has 0 aliphatic carbocycles. The van der Waals surface area contributed by atoms with Crippen LogP contribution < -0.4 is 9.47 Å². The van der Waals surface area contributed by atoms with Crippen molar-refractivity contribution in [1.29, 1.82) is 0 Å². The highest BCUT2D eigenvalue weighted by atomic mass is 19.4. The number of benzene rings is 1. The fourth-order valence-electron chi connectivity index (χ4n) is 1.36. The van der Waals surface area contributed by atoms with Gasteiger partial charge in [0.2, 0.25) is 0 Å². The van der Waals surface area contributed by atoms with Crippen molar-refractivity contribution in [3.8, 4) is 11.5 Å². The molecule has 0 aliphatic heterocycles. The molecule has 3 nitrogen and oxygen atoms in total. The molecule has 0 aromatic heterocycles. The molecule has 1 aromatic rings. The molecule has 1 unspecified atom stereocenters. The highest BCUT2D eigenvalue weighted by Crippen LogP contribution is 2.33. The maximum absolute atomic E-state index is 12.1. The molecule has 1 atom stereocenters. The first kappa shape index (κ1) is 13.6. The van der Waals surface area contributed by atoms with Gasteiger partial charge in [0, 0.05) is 6.07 Å². The topological polar surface area (TPSA) is 38.7 Å². The summed E-state index contributed by atoms with van der Waals surface area (Å²) in [5, 5.41) is 9.46. The van der Waals surface area contributed by atoms with Crippen molar-refractivity contribution >= 4 is 0 Å². The van der Waals surface area contributed by atoms with Gasteiger partial charge >= 0.3 is 6.18 Å². The van der Waals surface area contributed by atoms with E-state index in [0.717, 1.165) is 0 Å². The van der Waals surface area contributed by atoms with E-state index in [-0.39, 0.29) is 5.56 Å². The Hall–Kier alpha value is -1.43. The van der Waals surface area contributed by atoms with Crippen LogP contribution in [0.3, 0.4) is 0 Å². The summed E-state index contributed by atoms with van der Waals surface area (Å²) in [4.78, 5) is 0. The number of aliphatic hydroxyl groups is 1. The number of halogens is 3. The Morgan fingerprint density at radius 1 is 1.12 bits per heavy atom. The fourth-order valence-corrected chi connectivity index (χ4v) is 1.36. The first-order chi connectivity index (χ1) is 7.85. The van der Waals surface area contributed by atoms with E-state index in [1.165, 1.54) is 32.4 Å². The van der Waals surface area contributed by atoms with E-state index < -0.39 is 18.7 Å². The van der Waals surface area contributed by atoms with E-state index in [1.807, 2.05) is 0 Å². The molecule has 0 fully saturated rings. The number of rotatable bonds is 4. The van der Waals surface area contributed by atoms with Gasteiger partial charge in [0.1, 0.15) is 11.5 Å². The van der Waals surface area contributed by atoms with Gasteiger partial charge < -0.3 is 14.6 Å². The van der Waals surface area contributed by atoms with Crippen LogP contribution in [0.15, 0.2) is 18.2 Å². The second kappa shape index (κ2) is 5.27. The summed E-state index contributed by atoms with van der Waals surface area (Å²) in [5.74, 6) is 0.668. The third-order valence-electron chi connectivity index (χ3n) is 2.18. The van der Waals surface area contributed by atoms with E-state index in [2.05, 4.69) is 0 Å². The number of aliphatic hydroxyl groups excluding tert-OH is 1. The Labute approximate surface area is 96.8 Å². The van der Waals surface area contributed by atoms with E-state index in [1.54, 1.807) is 0 Å². The SMILES string of the molecule is COc1cc(OC)cc(C(O)CC(F)(F)F)c1. The Bertz CT molecular complexity index is 354. The van der Waals surface area contributed by atoms with Crippen LogP contribution in [0.4, 0.5) is 13.2 Å². The van der Waals surface area contributed by atoms with Crippen molar-refractivity contribution < 1.29 is 27.8 Å². The van der Waals surface area contributed by atoms with E-state index in [0.29, 0.717) is 11.5 Å². The lowest BCUT2D eigenvalue weighted by molar-refractivity contribution is -0.154. The number of hydrogen-bond acceptors (Lipinski definition) is 3. The van der Waals surface area contributed by atoms with Crippen LogP contribution in [0.5, 0.6) is 11.5 Å². The highest BCUT2D eigenvalue weighted by Gasteiger charge is 2.32. The van der Waals surface area contributed by atoms with Crippen LogP contribution in [0, 0.1) is 0 Å². The summed E-state index contributed by atoms with van der Waals surface area (Å²) < 4.78 is 46.2. The lowest BCUT2D eigenvalue weighted by Crippen LogP contribution is -2.13. The lowest BCUT2D eigenvalue weighted by Gasteiger charge is -2.15. The van der Waals surface area contributed by atoms with Crippen LogP contribution in [0.25, 0.3) is 0 Å². The van der Waals surface area contributed by atoms with Gasteiger partial charge in [0.15, 0.2) is 0 Å². The standard InChI is InChI=1S/C11H13F3O3/c1-16-8-3-7(4-9(5-8)17-2)10(15)6-11(12,13)14/h3-5,10,15H,6H2,1-2H3. The Morgan fingerprint density at radius 2 is 1.59 bits per heavy atom. The first-order valence-electron chi connectivity index (χ1n) is 4.83. The van der Waals surface area contributed by atoms with Crippen LogP contribution in [-0.2, 0) is 0 Å². The monoisotopic (exact) mass is 250 g/mol. The highest BCUT2D eigenvalue weighted by molar-refractivity contribution is 5.39. The van der Waals surface area contributed by atoms with Crippen LogP contribution in [-0.4, -0.2) is 25.5 Å². The smallest absolute Gasteiger partial charge is 0.391 e. The summed E-state index contributed by atoms with van der Waals surface area (Å²) >= 11 is 0. The van der Waals surface area contributed by atoms with Crippen molar-refractivity contribution in [3.05, 3.63) is 23.8 Å². The third-order valence-corrected chi connectivity index (χ3v) is 2.18. The van der Waals surface area contributed by atoms with E-state index in [4.69, 9.17) is 9.47 Å². The minimum absolute atomic E-state index is 0.110. The maximum atomic E-state index is 12.1. The minimum Gasteiger partial charge on any atom is -0.497 e. The second-order valence-corrected chi connectivity index (χ2v) is 3.48. The van der Waals surface area contributed by atoms with Gasteiger partial charge in [-0.3, -0.25) is 0 Å². The molecule has 1 N–H and O–H groups in total. The molecule has 0 heterocycles.